The van der Waals surface area contributed by atoms with Crippen LogP contribution < -0.4 is 4.74 Å². The SMILES string of the molecule is COc1ccncc1-c1cccc(F)c1[S+]([O-])c1nc2ccccc2[nH]1. The number of halogens is 1. The minimum absolute atomic E-state index is 0.0397. The van der Waals surface area contributed by atoms with Gasteiger partial charge in [0.05, 0.1) is 29.3 Å². The van der Waals surface area contributed by atoms with Crippen LogP contribution in [0, 0.1) is 5.82 Å². The Morgan fingerprint density at radius 2 is 1.92 bits per heavy atom. The highest BCUT2D eigenvalue weighted by Gasteiger charge is 2.29. The molecule has 26 heavy (non-hydrogen) atoms. The fraction of sp³-hybridized carbons (Fsp3) is 0.0526. The summed E-state index contributed by atoms with van der Waals surface area (Å²) in [6, 6.07) is 13.5. The number of aromatic nitrogens is 3. The number of aromatic amines is 1. The Morgan fingerprint density at radius 1 is 1.08 bits per heavy atom. The van der Waals surface area contributed by atoms with Crippen LogP contribution in [0.15, 0.2) is 71.0 Å². The summed E-state index contributed by atoms with van der Waals surface area (Å²) in [6.45, 7) is 0. The average molecular weight is 367 g/mol. The van der Waals surface area contributed by atoms with Crippen molar-refractivity contribution in [2.45, 2.75) is 10.1 Å². The quantitative estimate of drug-likeness (QED) is 0.555. The van der Waals surface area contributed by atoms with Crippen molar-refractivity contribution in [3.05, 3.63) is 66.7 Å². The maximum absolute atomic E-state index is 14.7. The lowest BCUT2D eigenvalue weighted by molar-refractivity contribution is 0.415. The van der Waals surface area contributed by atoms with E-state index in [0.29, 0.717) is 22.4 Å². The monoisotopic (exact) mass is 367 g/mol. The van der Waals surface area contributed by atoms with E-state index >= 15 is 0 Å². The number of methoxy groups -OCH3 is 1. The number of imidazole rings is 1. The third-order valence-corrected chi connectivity index (χ3v) is 5.32. The van der Waals surface area contributed by atoms with Gasteiger partial charge < -0.3 is 9.29 Å². The first kappa shape index (κ1) is 16.6. The molecule has 2 aromatic heterocycles. The Bertz CT molecular complexity index is 1050. The van der Waals surface area contributed by atoms with E-state index in [9.17, 15) is 8.94 Å². The molecule has 0 saturated carbocycles. The van der Waals surface area contributed by atoms with Crippen LogP contribution >= 0.6 is 0 Å². The molecule has 130 valence electrons. The third kappa shape index (κ3) is 2.81. The lowest BCUT2D eigenvalue weighted by Gasteiger charge is -2.14. The van der Waals surface area contributed by atoms with Gasteiger partial charge >= 0.3 is 5.16 Å². The van der Waals surface area contributed by atoms with Crippen LogP contribution in [0.5, 0.6) is 5.75 Å². The first-order valence-corrected chi connectivity index (χ1v) is 8.97. The number of H-pyrrole nitrogens is 1. The zero-order valence-electron chi connectivity index (χ0n) is 13.8. The number of nitrogens with zero attached hydrogens (tertiary/aromatic N) is 2. The van der Waals surface area contributed by atoms with Crippen molar-refractivity contribution in [3.8, 4) is 16.9 Å². The molecule has 4 rings (SSSR count). The van der Waals surface area contributed by atoms with E-state index in [-0.39, 0.29) is 10.1 Å². The van der Waals surface area contributed by atoms with E-state index in [2.05, 4.69) is 15.0 Å². The molecule has 7 heteroatoms. The molecule has 2 heterocycles. The lowest BCUT2D eigenvalue weighted by atomic mass is 10.1. The Morgan fingerprint density at radius 3 is 2.73 bits per heavy atom. The minimum Gasteiger partial charge on any atom is -0.604 e. The van der Waals surface area contributed by atoms with Crippen molar-refractivity contribution in [2.75, 3.05) is 7.11 Å². The number of benzene rings is 2. The molecule has 2 aromatic carbocycles. The van der Waals surface area contributed by atoms with Gasteiger partial charge in [0.2, 0.25) is 4.90 Å². The second-order valence-corrected chi connectivity index (χ2v) is 6.85. The van der Waals surface area contributed by atoms with E-state index < -0.39 is 17.0 Å². The molecule has 5 nitrogen and oxygen atoms in total. The topological polar surface area (TPSA) is 73.9 Å². The van der Waals surface area contributed by atoms with E-state index in [1.807, 2.05) is 18.2 Å². The third-order valence-electron chi connectivity index (χ3n) is 3.99. The van der Waals surface area contributed by atoms with Gasteiger partial charge in [0.1, 0.15) is 5.75 Å². The van der Waals surface area contributed by atoms with Crippen LogP contribution in [-0.4, -0.2) is 26.6 Å². The molecular weight excluding hydrogens is 353 g/mol. The Kier molecular flexibility index (Phi) is 4.32. The first-order valence-electron chi connectivity index (χ1n) is 7.82. The van der Waals surface area contributed by atoms with Crippen molar-refractivity contribution in [2.24, 2.45) is 0 Å². The fourth-order valence-electron chi connectivity index (χ4n) is 2.79. The predicted molar refractivity (Wildman–Crippen MR) is 97.0 cm³/mol. The van der Waals surface area contributed by atoms with Crippen LogP contribution in [0.3, 0.4) is 0 Å². The number of fused-ring (bicyclic) bond motifs is 1. The average Bonchev–Trinajstić information content (AvgIpc) is 3.11. The van der Waals surface area contributed by atoms with Gasteiger partial charge in [-0.25, -0.2) is 4.39 Å². The van der Waals surface area contributed by atoms with Gasteiger partial charge in [-0.1, -0.05) is 18.2 Å². The van der Waals surface area contributed by atoms with Gasteiger partial charge in [-0.3, -0.25) is 9.97 Å². The van der Waals surface area contributed by atoms with Gasteiger partial charge in [-0.2, -0.15) is 4.98 Å². The van der Waals surface area contributed by atoms with Crippen LogP contribution in [-0.2, 0) is 11.2 Å². The molecule has 0 bridgehead atoms. The number of hydrogen-bond acceptors (Lipinski definition) is 4. The molecule has 0 fully saturated rings. The first-order chi connectivity index (χ1) is 12.7. The summed E-state index contributed by atoms with van der Waals surface area (Å²) in [5, 5.41) is 0.195. The molecule has 1 unspecified atom stereocenters. The Labute approximate surface area is 152 Å². The lowest BCUT2D eigenvalue weighted by Crippen LogP contribution is -2.09. The van der Waals surface area contributed by atoms with Crippen LogP contribution in [0.25, 0.3) is 22.2 Å². The predicted octanol–water partition coefficient (Wildman–Crippen LogP) is 3.94. The largest absolute Gasteiger partial charge is 0.604 e. The minimum atomic E-state index is -1.84. The maximum atomic E-state index is 14.7. The summed E-state index contributed by atoms with van der Waals surface area (Å²) >= 11 is -1.84. The number of nitrogens with one attached hydrogen (secondary N) is 1. The van der Waals surface area contributed by atoms with E-state index in [4.69, 9.17) is 4.74 Å². The van der Waals surface area contributed by atoms with Gasteiger partial charge in [0.15, 0.2) is 5.82 Å². The zero-order valence-corrected chi connectivity index (χ0v) is 14.6. The molecule has 0 aliphatic rings. The number of hydrogen-bond donors (Lipinski definition) is 1. The number of ether oxygens (including phenoxy) is 1. The van der Waals surface area contributed by atoms with E-state index in [1.165, 1.54) is 13.2 Å². The molecule has 0 aliphatic heterocycles. The summed E-state index contributed by atoms with van der Waals surface area (Å²) in [5.41, 5.74) is 2.43. The highest BCUT2D eigenvalue weighted by molar-refractivity contribution is 7.91. The number of para-hydroxylation sites is 2. The second-order valence-electron chi connectivity index (χ2n) is 5.52. The van der Waals surface area contributed by atoms with Gasteiger partial charge in [0.25, 0.3) is 0 Å². The van der Waals surface area contributed by atoms with Crippen molar-refractivity contribution in [3.63, 3.8) is 0 Å². The van der Waals surface area contributed by atoms with Crippen LogP contribution in [0.1, 0.15) is 0 Å². The Balaban J connectivity index is 1.88. The zero-order chi connectivity index (χ0) is 18.1. The molecule has 0 saturated heterocycles. The maximum Gasteiger partial charge on any atom is 0.327 e. The summed E-state index contributed by atoms with van der Waals surface area (Å²) in [5.74, 6) is -0.0550. The van der Waals surface area contributed by atoms with Gasteiger partial charge in [-0.05, 0) is 30.3 Å². The molecular formula is C19H14FN3O2S. The van der Waals surface area contributed by atoms with Crippen molar-refractivity contribution >= 4 is 22.2 Å². The highest BCUT2D eigenvalue weighted by atomic mass is 32.2. The Hall–Kier alpha value is -2.90. The molecule has 0 aliphatic carbocycles. The number of rotatable bonds is 4. The molecule has 0 spiro atoms. The highest BCUT2D eigenvalue weighted by Crippen LogP contribution is 2.37. The van der Waals surface area contributed by atoms with Crippen LogP contribution in [0.4, 0.5) is 4.39 Å². The molecule has 0 radical (unpaired) electrons. The fourth-order valence-corrected chi connectivity index (χ4v) is 3.99. The molecule has 4 aromatic rings. The molecule has 1 N–H and O–H groups in total. The van der Waals surface area contributed by atoms with Crippen LogP contribution in [0.2, 0.25) is 0 Å². The summed E-state index contributed by atoms with van der Waals surface area (Å²) in [6.07, 6.45) is 3.14. The second kappa shape index (κ2) is 6.78. The van der Waals surface area contributed by atoms with E-state index in [1.54, 1.807) is 36.7 Å². The van der Waals surface area contributed by atoms with Crippen molar-refractivity contribution < 1.29 is 13.7 Å². The van der Waals surface area contributed by atoms with E-state index in [0.717, 1.165) is 5.52 Å². The standard InChI is InChI=1S/C19H14FN3O2S/c1-25-17-9-10-21-11-13(17)12-5-4-6-14(20)18(12)26(24)19-22-15-7-2-3-8-16(15)23-19/h2-11H,1H3,(H,22,23). The normalized spacial score (nSPS) is 12.3. The summed E-state index contributed by atoms with van der Waals surface area (Å²) in [7, 11) is 1.52. The van der Waals surface area contributed by atoms with Crippen molar-refractivity contribution in [1.82, 2.24) is 15.0 Å². The van der Waals surface area contributed by atoms with Gasteiger partial charge in [0, 0.05) is 23.5 Å². The van der Waals surface area contributed by atoms with Gasteiger partial charge in [-0.15, -0.1) is 0 Å². The summed E-state index contributed by atoms with van der Waals surface area (Å²) < 4.78 is 33.2. The van der Waals surface area contributed by atoms with Crippen molar-refractivity contribution in [1.29, 1.82) is 0 Å². The summed E-state index contributed by atoms with van der Waals surface area (Å²) in [4.78, 5) is 11.5. The smallest absolute Gasteiger partial charge is 0.327 e. The molecule has 1 atom stereocenters. The molecule has 0 amide bonds. The number of pyridine rings is 1.